The Morgan fingerprint density at radius 3 is 2.81 bits per heavy atom. The minimum absolute atomic E-state index is 0.0981. The molecule has 0 bridgehead atoms. The van der Waals surface area contributed by atoms with Crippen LogP contribution in [-0.2, 0) is 16.2 Å². The molecule has 0 spiro atoms. The molecule has 1 unspecified atom stereocenters. The zero-order valence-corrected chi connectivity index (χ0v) is 18.6. The maximum absolute atomic E-state index is 12.6. The van der Waals surface area contributed by atoms with E-state index < -0.39 is 8.07 Å². The molecule has 9 heteroatoms. The van der Waals surface area contributed by atoms with Crippen molar-refractivity contribution in [1.29, 1.82) is 0 Å². The molecule has 7 nitrogen and oxygen atoms in total. The van der Waals surface area contributed by atoms with Crippen LogP contribution < -0.4 is 5.32 Å². The summed E-state index contributed by atoms with van der Waals surface area (Å²) >= 11 is 3.33. The third kappa shape index (κ3) is 5.87. The fraction of sp³-hybridized carbons (Fsp3) is 0.588. The summed E-state index contributed by atoms with van der Waals surface area (Å²) in [6.45, 7) is 10.3. The third-order valence-electron chi connectivity index (χ3n) is 3.80. The van der Waals surface area contributed by atoms with E-state index in [1.165, 1.54) is 0 Å². The van der Waals surface area contributed by atoms with Gasteiger partial charge in [-0.25, -0.2) is 9.97 Å². The Bertz CT molecular complexity index is 760. The van der Waals surface area contributed by atoms with Gasteiger partial charge in [-0.3, -0.25) is 4.79 Å². The molecule has 0 saturated carbocycles. The summed E-state index contributed by atoms with van der Waals surface area (Å²) in [5.74, 6) is -0.201. The summed E-state index contributed by atoms with van der Waals surface area (Å²) in [6.07, 6.45) is 3.37. The van der Waals surface area contributed by atoms with Gasteiger partial charge in [0.1, 0.15) is 16.9 Å². The van der Waals surface area contributed by atoms with Gasteiger partial charge in [-0.2, -0.15) is 0 Å². The highest BCUT2D eigenvalue weighted by Gasteiger charge is 2.20. The molecule has 0 saturated heterocycles. The maximum Gasteiger partial charge on any atom is 0.255 e. The molecule has 0 aliphatic rings. The Morgan fingerprint density at radius 2 is 2.15 bits per heavy atom. The lowest BCUT2D eigenvalue weighted by Gasteiger charge is -2.15. The van der Waals surface area contributed by atoms with E-state index >= 15 is 0 Å². The molecular weight excluding hydrogens is 416 g/mol. The minimum Gasteiger partial charge on any atom is -0.383 e. The second-order valence-electron chi connectivity index (χ2n) is 7.56. The standard InChI is InChI=1S/C17H27BrN4O3Si/c1-12(10-24-2)20-17(23)13-9-22(11-25-6-7-26(3,4)5)16-15(13)21-14(18)8-19-16/h8-9,12H,6-7,10-11H2,1-5H3,(H,20,23). The van der Waals surface area contributed by atoms with Crippen molar-refractivity contribution in [3.63, 3.8) is 0 Å². The monoisotopic (exact) mass is 442 g/mol. The zero-order chi connectivity index (χ0) is 19.3. The van der Waals surface area contributed by atoms with Gasteiger partial charge in [0, 0.05) is 34.0 Å². The second-order valence-corrected chi connectivity index (χ2v) is 14.0. The molecule has 144 valence electrons. The number of hydrogen-bond donors (Lipinski definition) is 1. The largest absolute Gasteiger partial charge is 0.383 e. The molecule has 0 radical (unpaired) electrons. The highest BCUT2D eigenvalue weighted by atomic mass is 79.9. The molecule has 2 aromatic rings. The van der Waals surface area contributed by atoms with Crippen LogP contribution in [0.5, 0.6) is 0 Å². The predicted molar refractivity (Wildman–Crippen MR) is 108 cm³/mol. The van der Waals surface area contributed by atoms with Gasteiger partial charge in [0.2, 0.25) is 0 Å². The van der Waals surface area contributed by atoms with Gasteiger partial charge in [0.25, 0.3) is 5.91 Å². The SMILES string of the molecule is COCC(C)NC(=O)c1cn(COCC[Si](C)(C)C)c2ncc(Br)nc12. The Labute approximate surface area is 163 Å². The highest BCUT2D eigenvalue weighted by Crippen LogP contribution is 2.20. The van der Waals surface area contributed by atoms with E-state index in [0.29, 0.717) is 41.3 Å². The van der Waals surface area contributed by atoms with Crippen LogP contribution in [0.25, 0.3) is 11.2 Å². The van der Waals surface area contributed by atoms with E-state index in [2.05, 4.69) is 50.9 Å². The van der Waals surface area contributed by atoms with Crippen molar-refractivity contribution in [2.45, 2.75) is 45.4 Å². The van der Waals surface area contributed by atoms with Gasteiger partial charge in [0.05, 0.1) is 18.4 Å². The highest BCUT2D eigenvalue weighted by molar-refractivity contribution is 9.10. The lowest BCUT2D eigenvalue weighted by Crippen LogP contribution is -2.35. The molecule has 2 rings (SSSR count). The number of halogens is 1. The van der Waals surface area contributed by atoms with Crippen molar-refractivity contribution >= 4 is 41.1 Å². The molecule has 0 aliphatic heterocycles. The van der Waals surface area contributed by atoms with Crippen molar-refractivity contribution in [2.24, 2.45) is 0 Å². The number of nitrogens with zero attached hydrogens (tertiary/aromatic N) is 3. The summed E-state index contributed by atoms with van der Waals surface area (Å²) < 4.78 is 13.3. The van der Waals surface area contributed by atoms with E-state index in [4.69, 9.17) is 9.47 Å². The fourth-order valence-electron chi connectivity index (χ4n) is 2.43. The lowest BCUT2D eigenvalue weighted by atomic mass is 10.2. The number of carbonyl (C=O) groups excluding carboxylic acids is 1. The molecule has 2 aromatic heterocycles. The molecular formula is C17H27BrN4O3Si. The Hall–Kier alpha value is -1.29. The first-order valence-corrected chi connectivity index (χ1v) is 13.1. The number of carbonyl (C=O) groups is 1. The number of aromatic nitrogens is 3. The first-order valence-electron chi connectivity index (χ1n) is 8.60. The molecule has 0 aromatic carbocycles. The average Bonchev–Trinajstić information content (AvgIpc) is 2.88. The van der Waals surface area contributed by atoms with Crippen molar-refractivity contribution in [2.75, 3.05) is 20.3 Å². The van der Waals surface area contributed by atoms with Gasteiger partial charge < -0.3 is 19.4 Å². The normalized spacial score (nSPS) is 13.2. The van der Waals surface area contributed by atoms with Crippen LogP contribution in [0.2, 0.25) is 25.7 Å². The number of rotatable bonds is 9. The lowest BCUT2D eigenvalue weighted by molar-refractivity contribution is 0.0881. The summed E-state index contributed by atoms with van der Waals surface area (Å²) in [5, 5.41) is 2.91. The quantitative estimate of drug-likeness (QED) is 0.476. The van der Waals surface area contributed by atoms with E-state index in [-0.39, 0.29) is 11.9 Å². The van der Waals surface area contributed by atoms with E-state index in [9.17, 15) is 4.79 Å². The number of hydrogen-bond acceptors (Lipinski definition) is 5. The Balaban J connectivity index is 2.19. The average molecular weight is 443 g/mol. The summed E-state index contributed by atoms with van der Waals surface area (Å²) in [5.41, 5.74) is 1.66. The second kappa shape index (κ2) is 9.07. The molecule has 26 heavy (non-hydrogen) atoms. The topological polar surface area (TPSA) is 78.3 Å². The number of amides is 1. The smallest absolute Gasteiger partial charge is 0.255 e. The summed E-state index contributed by atoms with van der Waals surface area (Å²) in [7, 11) is 0.466. The number of methoxy groups -OCH3 is 1. The first-order chi connectivity index (χ1) is 12.2. The third-order valence-corrected chi connectivity index (χ3v) is 5.89. The van der Waals surface area contributed by atoms with Crippen LogP contribution in [0.3, 0.4) is 0 Å². The number of ether oxygens (including phenoxy) is 2. The molecule has 0 aliphatic carbocycles. The van der Waals surface area contributed by atoms with Gasteiger partial charge in [-0.15, -0.1) is 0 Å². The maximum atomic E-state index is 12.6. The van der Waals surface area contributed by atoms with E-state index in [1.54, 1.807) is 19.5 Å². The van der Waals surface area contributed by atoms with Crippen LogP contribution in [0.15, 0.2) is 17.0 Å². The van der Waals surface area contributed by atoms with Crippen molar-refractivity contribution < 1.29 is 14.3 Å². The number of fused-ring (bicyclic) bond motifs is 1. The van der Waals surface area contributed by atoms with Crippen LogP contribution >= 0.6 is 15.9 Å². The molecule has 2 heterocycles. The van der Waals surface area contributed by atoms with Crippen LogP contribution in [0, 0.1) is 0 Å². The predicted octanol–water partition coefficient (Wildman–Crippen LogP) is 3.27. The molecule has 1 amide bonds. The van der Waals surface area contributed by atoms with Crippen LogP contribution in [-0.4, -0.2) is 54.9 Å². The van der Waals surface area contributed by atoms with Crippen molar-refractivity contribution in [3.8, 4) is 0 Å². The number of nitrogens with one attached hydrogen (secondary N) is 1. The summed E-state index contributed by atoms with van der Waals surface area (Å²) in [6, 6.07) is 0.990. The zero-order valence-electron chi connectivity index (χ0n) is 16.0. The van der Waals surface area contributed by atoms with Gasteiger partial charge in [-0.1, -0.05) is 19.6 Å². The van der Waals surface area contributed by atoms with Crippen molar-refractivity contribution in [1.82, 2.24) is 19.9 Å². The van der Waals surface area contributed by atoms with Crippen LogP contribution in [0.1, 0.15) is 17.3 Å². The molecule has 1 N–H and O–H groups in total. The van der Waals surface area contributed by atoms with E-state index in [0.717, 1.165) is 6.04 Å². The fourth-order valence-corrected chi connectivity index (χ4v) is 3.47. The first kappa shape index (κ1) is 21.0. The van der Waals surface area contributed by atoms with Crippen molar-refractivity contribution in [3.05, 3.63) is 22.6 Å². The molecule has 1 atom stereocenters. The van der Waals surface area contributed by atoms with Gasteiger partial charge in [-0.05, 0) is 28.9 Å². The minimum atomic E-state index is -1.14. The van der Waals surface area contributed by atoms with E-state index in [1.807, 2.05) is 11.5 Å². The Kier molecular flexibility index (Phi) is 7.33. The molecule has 0 fully saturated rings. The summed E-state index contributed by atoms with van der Waals surface area (Å²) in [4.78, 5) is 21.5. The Morgan fingerprint density at radius 1 is 1.42 bits per heavy atom. The van der Waals surface area contributed by atoms with Gasteiger partial charge in [0.15, 0.2) is 5.65 Å². The van der Waals surface area contributed by atoms with Gasteiger partial charge >= 0.3 is 0 Å². The van der Waals surface area contributed by atoms with Crippen LogP contribution in [0.4, 0.5) is 0 Å².